The van der Waals surface area contributed by atoms with Crippen LogP contribution in [0.3, 0.4) is 0 Å². The summed E-state index contributed by atoms with van der Waals surface area (Å²) >= 11 is 0. The van der Waals surface area contributed by atoms with Crippen LogP contribution in [-0.2, 0) is 0 Å². The van der Waals surface area contributed by atoms with Gasteiger partial charge in [-0.3, -0.25) is 0 Å². The fraction of sp³-hybridized carbons (Fsp3) is 0.206. The minimum absolute atomic E-state index is 0.0311. The van der Waals surface area contributed by atoms with Crippen LogP contribution in [0.25, 0.3) is 21.5 Å². The van der Waals surface area contributed by atoms with Crippen LogP contribution in [0.5, 0.6) is 0 Å². The third-order valence-electron chi connectivity index (χ3n) is 14.7. The SMILES string of the molecule is CC(C)c1ccc(N2c3ccc(C(C)C)cc3B3c4cc(C(C)C)ccc4N(c4ccc(C(C)C)cc4)c4cc(C(c5ccc6ccccc6c5)c5ccc6ccccc6c5)cc2c43)cc1. The third kappa shape index (κ3) is 7.12. The molecule has 66 heavy (non-hydrogen) atoms. The molecule has 2 nitrogen and oxygen atoms in total. The summed E-state index contributed by atoms with van der Waals surface area (Å²) < 4.78 is 0. The molecule has 2 aliphatic rings. The fourth-order valence-corrected chi connectivity index (χ4v) is 10.9. The van der Waals surface area contributed by atoms with E-state index in [4.69, 9.17) is 0 Å². The number of fused-ring (bicyclic) bond motifs is 6. The van der Waals surface area contributed by atoms with Gasteiger partial charge in [-0.2, -0.15) is 0 Å². The molecule has 0 amide bonds. The van der Waals surface area contributed by atoms with Crippen molar-refractivity contribution in [1.29, 1.82) is 0 Å². The number of anilines is 6. The zero-order valence-corrected chi connectivity index (χ0v) is 39.7. The molecular formula is C63H59BN2. The van der Waals surface area contributed by atoms with Crippen LogP contribution in [0.4, 0.5) is 34.1 Å². The van der Waals surface area contributed by atoms with Gasteiger partial charge < -0.3 is 9.80 Å². The molecular weight excluding hydrogens is 796 g/mol. The average Bonchev–Trinajstić information content (AvgIpc) is 3.33. The maximum absolute atomic E-state index is 2.59. The maximum atomic E-state index is 2.59. The number of hydrogen-bond donors (Lipinski definition) is 0. The van der Waals surface area contributed by atoms with Crippen molar-refractivity contribution < 1.29 is 0 Å². The van der Waals surface area contributed by atoms with Crippen LogP contribution in [0.1, 0.15) is 124 Å². The Labute approximate surface area is 392 Å². The molecule has 0 aromatic heterocycles. The van der Waals surface area contributed by atoms with E-state index < -0.39 is 0 Å². The van der Waals surface area contributed by atoms with E-state index in [1.54, 1.807) is 0 Å². The Morgan fingerprint density at radius 2 is 0.667 bits per heavy atom. The molecule has 0 aliphatic carbocycles. The van der Waals surface area contributed by atoms with Crippen molar-refractivity contribution in [3.63, 3.8) is 0 Å². The first-order valence-electron chi connectivity index (χ1n) is 24.3. The van der Waals surface area contributed by atoms with E-state index in [0.717, 1.165) is 0 Å². The standard InChI is InChI=1S/C63H59BN2/c1-39(2)43-21-27-54(28-22-43)65-58-31-25-47(41(5)6)35-56(58)64-57-36-48(42(7)8)26-32-59(57)66(55-29-23-44(24-30-55)40(3)4)61-38-53(37-60(65)63(61)64)62(51-19-17-45-13-9-11-15-49(45)33-51)52-20-18-46-14-10-12-16-50(46)34-52/h9-42,62H,1-8H3. The second-order valence-electron chi connectivity index (χ2n) is 20.2. The smallest absolute Gasteiger partial charge is 0.252 e. The van der Waals surface area contributed by atoms with E-state index in [9.17, 15) is 0 Å². The molecule has 2 heterocycles. The monoisotopic (exact) mass is 854 g/mol. The quantitative estimate of drug-likeness (QED) is 0.105. The molecule has 0 radical (unpaired) electrons. The predicted octanol–water partition coefficient (Wildman–Crippen LogP) is 15.7. The molecule has 0 N–H and O–H groups in total. The summed E-state index contributed by atoms with van der Waals surface area (Å²) in [6, 6.07) is 70.3. The van der Waals surface area contributed by atoms with Gasteiger partial charge in [0.25, 0.3) is 6.71 Å². The molecule has 2 aliphatic heterocycles. The van der Waals surface area contributed by atoms with Gasteiger partial charge in [0.2, 0.25) is 0 Å². The Bertz CT molecular complexity index is 3070. The minimum Gasteiger partial charge on any atom is -0.311 e. The summed E-state index contributed by atoms with van der Waals surface area (Å²) in [6.07, 6.45) is 0. The highest BCUT2D eigenvalue weighted by atomic mass is 15.2. The lowest BCUT2D eigenvalue weighted by molar-refractivity contribution is 0.866. The van der Waals surface area contributed by atoms with Crippen LogP contribution < -0.4 is 26.2 Å². The Balaban J connectivity index is 1.26. The summed E-state index contributed by atoms with van der Waals surface area (Å²) in [5.74, 6) is 1.61. The zero-order valence-electron chi connectivity index (χ0n) is 39.7. The van der Waals surface area contributed by atoms with Gasteiger partial charge in [0, 0.05) is 40.0 Å². The third-order valence-corrected chi connectivity index (χ3v) is 14.7. The molecule has 0 unspecified atom stereocenters. The van der Waals surface area contributed by atoms with Crippen molar-refractivity contribution in [2.45, 2.75) is 85.0 Å². The van der Waals surface area contributed by atoms with Gasteiger partial charge in [0.05, 0.1) is 0 Å². The molecule has 0 spiro atoms. The highest BCUT2D eigenvalue weighted by Gasteiger charge is 2.44. The maximum Gasteiger partial charge on any atom is 0.252 e. The van der Waals surface area contributed by atoms with E-state index in [2.05, 4.69) is 247 Å². The molecule has 11 rings (SSSR count). The predicted molar refractivity (Wildman–Crippen MR) is 286 cm³/mol. The van der Waals surface area contributed by atoms with E-state index in [1.807, 2.05) is 0 Å². The average molecular weight is 855 g/mol. The van der Waals surface area contributed by atoms with Crippen LogP contribution in [0.2, 0.25) is 0 Å². The number of rotatable bonds is 9. The van der Waals surface area contributed by atoms with Crippen molar-refractivity contribution in [1.82, 2.24) is 0 Å². The first kappa shape index (κ1) is 41.8. The van der Waals surface area contributed by atoms with E-state index in [-0.39, 0.29) is 12.6 Å². The molecule has 0 saturated heterocycles. The first-order valence-corrected chi connectivity index (χ1v) is 24.3. The van der Waals surface area contributed by atoms with Gasteiger partial charge in [-0.05, 0) is 149 Å². The Kier molecular flexibility index (Phi) is 10.5. The van der Waals surface area contributed by atoms with Crippen molar-refractivity contribution >= 4 is 78.8 Å². The van der Waals surface area contributed by atoms with Gasteiger partial charge >= 0.3 is 0 Å². The lowest BCUT2D eigenvalue weighted by Gasteiger charge is -2.45. The molecule has 3 heteroatoms. The molecule has 9 aromatic rings. The Hall–Kier alpha value is -6.84. The lowest BCUT2D eigenvalue weighted by atomic mass is 9.33. The van der Waals surface area contributed by atoms with E-state index in [0.29, 0.717) is 23.7 Å². The molecule has 0 fully saturated rings. The number of hydrogen-bond acceptors (Lipinski definition) is 2. The molecule has 9 aromatic carbocycles. The van der Waals surface area contributed by atoms with Crippen LogP contribution in [0, 0.1) is 0 Å². The van der Waals surface area contributed by atoms with Crippen LogP contribution in [0.15, 0.2) is 182 Å². The van der Waals surface area contributed by atoms with Crippen molar-refractivity contribution in [3.05, 3.63) is 221 Å². The normalized spacial score (nSPS) is 13.1. The highest BCUT2D eigenvalue weighted by Crippen LogP contribution is 2.48. The van der Waals surface area contributed by atoms with Gasteiger partial charge in [-0.1, -0.05) is 189 Å². The molecule has 0 saturated carbocycles. The molecule has 0 atom stereocenters. The van der Waals surface area contributed by atoms with Crippen molar-refractivity contribution in [3.8, 4) is 0 Å². The van der Waals surface area contributed by atoms with Gasteiger partial charge in [0.15, 0.2) is 0 Å². The van der Waals surface area contributed by atoms with Gasteiger partial charge in [-0.15, -0.1) is 0 Å². The van der Waals surface area contributed by atoms with E-state index in [1.165, 1.54) is 111 Å². The number of benzene rings is 9. The van der Waals surface area contributed by atoms with Gasteiger partial charge in [0.1, 0.15) is 0 Å². The largest absolute Gasteiger partial charge is 0.311 e. The van der Waals surface area contributed by atoms with Crippen LogP contribution in [-0.4, -0.2) is 6.71 Å². The van der Waals surface area contributed by atoms with Gasteiger partial charge in [-0.25, -0.2) is 0 Å². The molecule has 0 bridgehead atoms. The summed E-state index contributed by atoms with van der Waals surface area (Å²) in [7, 11) is 0. The highest BCUT2D eigenvalue weighted by molar-refractivity contribution is 7.00. The fourth-order valence-electron chi connectivity index (χ4n) is 10.9. The Morgan fingerprint density at radius 3 is 1.06 bits per heavy atom. The summed E-state index contributed by atoms with van der Waals surface area (Å²) in [5.41, 5.74) is 20.7. The minimum atomic E-state index is -0.0519. The lowest BCUT2D eigenvalue weighted by Crippen LogP contribution is -2.61. The van der Waals surface area contributed by atoms with Crippen molar-refractivity contribution in [2.75, 3.05) is 9.80 Å². The summed E-state index contributed by atoms with van der Waals surface area (Å²) in [5, 5.41) is 5.01. The molecule has 324 valence electrons. The zero-order chi connectivity index (χ0) is 45.4. The Morgan fingerprint density at radius 1 is 0.303 bits per heavy atom. The topological polar surface area (TPSA) is 6.48 Å². The van der Waals surface area contributed by atoms with Crippen molar-refractivity contribution in [2.24, 2.45) is 0 Å². The van der Waals surface area contributed by atoms with Crippen LogP contribution >= 0.6 is 0 Å². The second kappa shape index (κ2) is 16.6. The van der Waals surface area contributed by atoms with E-state index >= 15 is 0 Å². The second-order valence-corrected chi connectivity index (χ2v) is 20.2. The first-order chi connectivity index (χ1) is 32.0. The number of nitrogens with zero attached hydrogens (tertiary/aromatic N) is 2. The summed E-state index contributed by atoms with van der Waals surface area (Å²) in [4.78, 5) is 5.19. The summed E-state index contributed by atoms with van der Waals surface area (Å²) in [6.45, 7) is 18.5.